The van der Waals surface area contributed by atoms with E-state index in [4.69, 9.17) is 9.84 Å². The van der Waals surface area contributed by atoms with E-state index < -0.39 is 0 Å². The standard InChI is InChI=1S/C11H20BrN3O2/c1-9-11(12)10(14(2)13-9)8-15(4-6-16)5-7-17-3/h16H,4-8H2,1-3H3. The van der Waals surface area contributed by atoms with E-state index in [0.717, 1.165) is 29.0 Å². The van der Waals surface area contributed by atoms with Crippen LogP contribution < -0.4 is 0 Å². The Kier molecular flexibility index (Phi) is 6.11. The van der Waals surface area contributed by atoms with Gasteiger partial charge in [-0.25, -0.2) is 0 Å². The summed E-state index contributed by atoms with van der Waals surface area (Å²) in [5.74, 6) is 0. The van der Waals surface area contributed by atoms with Crippen LogP contribution in [0.25, 0.3) is 0 Å². The quantitative estimate of drug-likeness (QED) is 0.814. The maximum absolute atomic E-state index is 9.04. The van der Waals surface area contributed by atoms with Gasteiger partial charge in [0.25, 0.3) is 0 Å². The number of rotatable bonds is 7. The fourth-order valence-electron chi connectivity index (χ4n) is 1.70. The lowest BCUT2D eigenvalue weighted by atomic mass is 10.3. The molecule has 0 saturated carbocycles. The van der Waals surface area contributed by atoms with Crippen LogP contribution in [0.4, 0.5) is 0 Å². The Balaban J connectivity index is 2.70. The predicted octanol–water partition coefficient (Wildman–Crippen LogP) is 0.932. The molecule has 1 N–H and O–H groups in total. The van der Waals surface area contributed by atoms with Crippen molar-refractivity contribution in [2.45, 2.75) is 13.5 Å². The molecule has 0 aliphatic heterocycles. The van der Waals surface area contributed by atoms with Gasteiger partial charge in [0, 0.05) is 33.8 Å². The molecular formula is C11H20BrN3O2. The third-order valence-electron chi connectivity index (χ3n) is 2.66. The minimum atomic E-state index is 0.151. The van der Waals surface area contributed by atoms with E-state index >= 15 is 0 Å². The number of aryl methyl sites for hydroxylation is 2. The predicted molar refractivity (Wildman–Crippen MR) is 69.9 cm³/mol. The molecule has 17 heavy (non-hydrogen) atoms. The van der Waals surface area contributed by atoms with E-state index in [2.05, 4.69) is 25.9 Å². The van der Waals surface area contributed by atoms with Gasteiger partial charge in [-0.15, -0.1) is 0 Å². The summed E-state index contributed by atoms with van der Waals surface area (Å²) in [6.45, 7) is 4.97. The van der Waals surface area contributed by atoms with Crippen molar-refractivity contribution in [3.05, 3.63) is 15.9 Å². The van der Waals surface area contributed by atoms with Crippen molar-refractivity contribution in [2.24, 2.45) is 7.05 Å². The first kappa shape index (κ1) is 14.6. The molecule has 1 aromatic heterocycles. The molecule has 0 saturated heterocycles. The first-order chi connectivity index (χ1) is 8.10. The van der Waals surface area contributed by atoms with E-state index in [1.54, 1.807) is 7.11 Å². The Hall–Kier alpha value is -0.430. The minimum absolute atomic E-state index is 0.151. The summed E-state index contributed by atoms with van der Waals surface area (Å²) in [4.78, 5) is 2.14. The highest BCUT2D eigenvalue weighted by Gasteiger charge is 2.14. The molecular weight excluding hydrogens is 286 g/mol. The number of ether oxygens (including phenoxy) is 1. The van der Waals surface area contributed by atoms with Gasteiger partial charge in [-0.05, 0) is 22.9 Å². The molecule has 0 atom stereocenters. The highest BCUT2D eigenvalue weighted by Crippen LogP contribution is 2.21. The number of aliphatic hydroxyl groups is 1. The van der Waals surface area contributed by atoms with Crippen molar-refractivity contribution in [1.82, 2.24) is 14.7 Å². The third kappa shape index (κ3) is 4.06. The summed E-state index contributed by atoms with van der Waals surface area (Å²) >= 11 is 3.55. The van der Waals surface area contributed by atoms with Gasteiger partial charge in [-0.1, -0.05) is 0 Å². The molecule has 98 valence electrons. The summed E-state index contributed by atoms with van der Waals surface area (Å²) in [6, 6.07) is 0. The lowest BCUT2D eigenvalue weighted by Crippen LogP contribution is -2.30. The molecule has 0 amide bonds. The van der Waals surface area contributed by atoms with E-state index in [0.29, 0.717) is 13.2 Å². The Bertz CT molecular complexity index is 355. The number of aromatic nitrogens is 2. The van der Waals surface area contributed by atoms with Crippen LogP contribution in [0.15, 0.2) is 4.47 Å². The van der Waals surface area contributed by atoms with Gasteiger partial charge in [0.05, 0.1) is 29.1 Å². The highest BCUT2D eigenvalue weighted by molar-refractivity contribution is 9.10. The number of methoxy groups -OCH3 is 1. The summed E-state index contributed by atoms with van der Waals surface area (Å²) < 4.78 is 7.98. The summed E-state index contributed by atoms with van der Waals surface area (Å²) in [5.41, 5.74) is 2.10. The van der Waals surface area contributed by atoms with Gasteiger partial charge in [0.1, 0.15) is 0 Å². The zero-order valence-corrected chi connectivity index (χ0v) is 12.2. The van der Waals surface area contributed by atoms with Gasteiger partial charge < -0.3 is 9.84 Å². The molecule has 1 rings (SSSR count). The lowest BCUT2D eigenvalue weighted by molar-refractivity contribution is 0.125. The van der Waals surface area contributed by atoms with E-state index in [-0.39, 0.29) is 6.61 Å². The van der Waals surface area contributed by atoms with Crippen molar-refractivity contribution in [1.29, 1.82) is 0 Å². The van der Waals surface area contributed by atoms with E-state index in [1.165, 1.54) is 0 Å². The van der Waals surface area contributed by atoms with Gasteiger partial charge in [0.2, 0.25) is 0 Å². The zero-order valence-electron chi connectivity index (χ0n) is 10.6. The highest BCUT2D eigenvalue weighted by atomic mass is 79.9. The van der Waals surface area contributed by atoms with Crippen LogP contribution in [0, 0.1) is 6.92 Å². The molecule has 5 nitrogen and oxygen atoms in total. The second-order valence-corrected chi connectivity index (χ2v) is 4.76. The van der Waals surface area contributed by atoms with Crippen LogP contribution in [-0.2, 0) is 18.3 Å². The number of hydrogen-bond donors (Lipinski definition) is 1. The zero-order chi connectivity index (χ0) is 12.8. The molecule has 1 aromatic rings. The normalized spacial score (nSPS) is 11.4. The van der Waals surface area contributed by atoms with Crippen LogP contribution in [0.5, 0.6) is 0 Å². The van der Waals surface area contributed by atoms with Gasteiger partial charge in [-0.3, -0.25) is 9.58 Å². The second kappa shape index (κ2) is 7.10. The van der Waals surface area contributed by atoms with E-state index in [1.807, 2.05) is 18.7 Å². The van der Waals surface area contributed by atoms with Gasteiger partial charge in [-0.2, -0.15) is 5.10 Å². The first-order valence-electron chi connectivity index (χ1n) is 5.60. The van der Waals surface area contributed by atoms with Crippen molar-refractivity contribution >= 4 is 15.9 Å². The molecule has 0 radical (unpaired) electrons. The molecule has 0 aliphatic carbocycles. The Labute approximate surface area is 110 Å². The molecule has 1 heterocycles. The monoisotopic (exact) mass is 305 g/mol. The summed E-state index contributed by atoms with van der Waals surface area (Å²) in [7, 11) is 3.61. The SMILES string of the molecule is COCCN(CCO)Cc1c(Br)c(C)nn1C. The van der Waals surface area contributed by atoms with Gasteiger partial charge in [0.15, 0.2) is 0 Å². The van der Waals surface area contributed by atoms with Crippen LogP contribution in [0.2, 0.25) is 0 Å². The Morgan fingerprint density at radius 1 is 1.47 bits per heavy atom. The van der Waals surface area contributed by atoms with Crippen LogP contribution >= 0.6 is 15.9 Å². The minimum Gasteiger partial charge on any atom is -0.395 e. The maximum atomic E-state index is 9.04. The molecule has 0 bridgehead atoms. The molecule has 0 fully saturated rings. The average molecular weight is 306 g/mol. The van der Waals surface area contributed by atoms with Crippen LogP contribution in [0.3, 0.4) is 0 Å². The van der Waals surface area contributed by atoms with Crippen molar-refractivity contribution in [2.75, 3.05) is 33.4 Å². The molecule has 0 unspecified atom stereocenters. The van der Waals surface area contributed by atoms with Crippen molar-refractivity contribution in [3.63, 3.8) is 0 Å². The smallest absolute Gasteiger partial charge is 0.0739 e. The lowest BCUT2D eigenvalue weighted by Gasteiger charge is -2.21. The fourth-order valence-corrected chi connectivity index (χ4v) is 2.16. The Morgan fingerprint density at radius 2 is 2.18 bits per heavy atom. The van der Waals surface area contributed by atoms with Gasteiger partial charge >= 0.3 is 0 Å². The van der Waals surface area contributed by atoms with Crippen molar-refractivity contribution in [3.8, 4) is 0 Å². The fraction of sp³-hybridized carbons (Fsp3) is 0.727. The molecule has 0 aromatic carbocycles. The Morgan fingerprint density at radius 3 is 2.65 bits per heavy atom. The summed E-state index contributed by atoms with van der Waals surface area (Å²) in [6.07, 6.45) is 0. The van der Waals surface area contributed by atoms with Crippen LogP contribution in [-0.4, -0.2) is 53.2 Å². The van der Waals surface area contributed by atoms with E-state index in [9.17, 15) is 0 Å². The average Bonchev–Trinajstić information content (AvgIpc) is 2.53. The molecule has 6 heteroatoms. The molecule has 0 spiro atoms. The number of nitrogens with zero attached hydrogens (tertiary/aromatic N) is 3. The topological polar surface area (TPSA) is 50.5 Å². The summed E-state index contributed by atoms with van der Waals surface area (Å²) in [5, 5.41) is 13.4. The molecule has 0 aliphatic rings. The van der Waals surface area contributed by atoms with Crippen LogP contribution in [0.1, 0.15) is 11.4 Å². The number of hydrogen-bond acceptors (Lipinski definition) is 4. The first-order valence-corrected chi connectivity index (χ1v) is 6.39. The number of halogens is 1. The maximum Gasteiger partial charge on any atom is 0.0739 e. The largest absolute Gasteiger partial charge is 0.395 e. The third-order valence-corrected chi connectivity index (χ3v) is 3.69. The van der Waals surface area contributed by atoms with Crippen molar-refractivity contribution < 1.29 is 9.84 Å². The number of aliphatic hydroxyl groups excluding tert-OH is 1. The second-order valence-electron chi connectivity index (χ2n) is 3.96.